The third kappa shape index (κ3) is 4.51. The van der Waals surface area contributed by atoms with Crippen LogP contribution in [0.5, 0.6) is 11.5 Å². The maximum atomic E-state index is 12.3. The van der Waals surface area contributed by atoms with Crippen LogP contribution in [-0.4, -0.2) is 37.1 Å². The fourth-order valence-electron chi connectivity index (χ4n) is 2.67. The van der Waals surface area contributed by atoms with Gasteiger partial charge in [0.15, 0.2) is 0 Å². The molecule has 1 fully saturated rings. The van der Waals surface area contributed by atoms with Crippen LogP contribution < -0.4 is 9.47 Å². The molecule has 2 aromatic rings. The first-order chi connectivity index (χ1) is 11.7. The molecule has 0 aromatic heterocycles. The Hall–Kier alpha value is -2.01. The van der Waals surface area contributed by atoms with Crippen LogP contribution in [0.15, 0.2) is 53.0 Å². The molecule has 0 unspecified atom stereocenters. The van der Waals surface area contributed by atoms with Crippen LogP contribution in [0.1, 0.15) is 23.2 Å². The van der Waals surface area contributed by atoms with Gasteiger partial charge in [0.25, 0.3) is 5.91 Å². The normalized spacial score (nSPS) is 13.8. The standard InChI is InChI=1S/C19H20BrNO3/c20-16-4-3-5-18(14-16)24-13-12-23-17-8-6-15(7-9-17)19(22)21-10-1-2-11-21/h3-9,14H,1-2,10-13H2. The summed E-state index contributed by atoms with van der Waals surface area (Å²) in [5.74, 6) is 1.65. The molecule has 1 aliphatic heterocycles. The molecule has 2 aromatic carbocycles. The number of halogens is 1. The Labute approximate surface area is 150 Å². The Morgan fingerprint density at radius 2 is 1.62 bits per heavy atom. The molecule has 0 saturated carbocycles. The quantitative estimate of drug-likeness (QED) is 0.696. The van der Waals surface area contributed by atoms with Crippen molar-refractivity contribution in [2.45, 2.75) is 12.8 Å². The zero-order valence-electron chi connectivity index (χ0n) is 13.4. The Kier molecular flexibility index (Phi) is 5.75. The predicted molar refractivity (Wildman–Crippen MR) is 96.7 cm³/mol. The largest absolute Gasteiger partial charge is 0.490 e. The summed E-state index contributed by atoms with van der Waals surface area (Å²) in [6.45, 7) is 2.64. The van der Waals surface area contributed by atoms with E-state index in [0.717, 1.165) is 47.5 Å². The Morgan fingerprint density at radius 1 is 0.958 bits per heavy atom. The van der Waals surface area contributed by atoms with Crippen molar-refractivity contribution in [1.29, 1.82) is 0 Å². The maximum Gasteiger partial charge on any atom is 0.253 e. The van der Waals surface area contributed by atoms with Crippen molar-refractivity contribution in [3.8, 4) is 11.5 Å². The average Bonchev–Trinajstić information content (AvgIpc) is 3.13. The second-order valence-electron chi connectivity index (χ2n) is 5.68. The topological polar surface area (TPSA) is 38.8 Å². The molecule has 0 radical (unpaired) electrons. The fraction of sp³-hybridized carbons (Fsp3) is 0.316. The van der Waals surface area contributed by atoms with E-state index in [1.165, 1.54) is 0 Å². The van der Waals surface area contributed by atoms with Crippen molar-refractivity contribution < 1.29 is 14.3 Å². The van der Waals surface area contributed by atoms with Crippen LogP contribution in [0.3, 0.4) is 0 Å². The van der Waals surface area contributed by atoms with Gasteiger partial charge in [0.05, 0.1) is 0 Å². The van der Waals surface area contributed by atoms with E-state index in [0.29, 0.717) is 13.2 Å². The van der Waals surface area contributed by atoms with Crippen molar-refractivity contribution in [2.24, 2.45) is 0 Å². The van der Waals surface area contributed by atoms with E-state index in [1.807, 2.05) is 53.4 Å². The van der Waals surface area contributed by atoms with Crippen LogP contribution in [0.4, 0.5) is 0 Å². The van der Waals surface area contributed by atoms with Crippen LogP contribution in [0.2, 0.25) is 0 Å². The lowest BCUT2D eigenvalue weighted by atomic mass is 10.2. The van der Waals surface area contributed by atoms with Crippen molar-refractivity contribution in [2.75, 3.05) is 26.3 Å². The molecular weight excluding hydrogens is 370 g/mol. The lowest BCUT2D eigenvalue weighted by molar-refractivity contribution is 0.0793. The van der Waals surface area contributed by atoms with E-state index >= 15 is 0 Å². The van der Waals surface area contributed by atoms with E-state index in [2.05, 4.69) is 15.9 Å². The monoisotopic (exact) mass is 389 g/mol. The summed E-state index contributed by atoms with van der Waals surface area (Å²) >= 11 is 3.41. The smallest absolute Gasteiger partial charge is 0.253 e. The summed E-state index contributed by atoms with van der Waals surface area (Å²) in [5.41, 5.74) is 0.717. The van der Waals surface area contributed by atoms with Gasteiger partial charge in [-0.1, -0.05) is 22.0 Å². The minimum absolute atomic E-state index is 0.108. The highest BCUT2D eigenvalue weighted by Gasteiger charge is 2.19. The number of amides is 1. The van der Waals surface area contributed by atoms with Crippen LogP contribution in [0.25, 0.3) is 0 Å². The fourth-order valence-corrected chi connectivity index (χ4v) is 3.05. The third-order valence-electron chi connectivity index (χ3n) is 3.91. The number of likely N-dealkylation sites (tertiary alicyclic amines) is 1. The van der Waals surface area contributed by atoms with Gasteiger partial charge in [-0.3, -0.25) is 4.79 Å². The van der Waals surface area contributed by atoms with Gasteiger partial charge in [0.2, 0.25) is 0 Å². The molecule has 1 heterocycles. The Morgan fingerprint density at radius 3 is 2.29 bits per heavy atom. The second-order valence-corrected chi connectivity index (χ2v) is 6.59. The number of nitrogens with zero attached hydrogens (tertiary/aromatic N) is 1. The van der Waals surface area contributed by atoms with Gasteiger partial charge < -0.3 is 14.4 Å². The molecule has 4 nitrogen and oxygen atoms in total. The minimum Gasteiger partial charge on any atom is -0.490 e. The van der Waals surface area contributed by atoms with E-state index in [1.54, 1.807) is 0 Å². The van der Waals surface area contributed by atoms with Gasteiger partial charge >= 0.3 is 0 Å². The van der Waals surface area contributed by atoms with Gasteiger partial charge in [-0.2, -0.15) is 0 Å². The summed E-state index contributed by atoms with van der Waals surface area (Å²) in [6.07, 6.45) is 2.20. The number of benzene rings is 2. The summed E-state index contributed by atoms with van der Waals surface area (Å²) in [5, 5.41) is 0. The summed E-state index contributed by atoms with van der Waals surface area (Å²) in [7, 11) is 0. The van der Waals surface area contributed by atoms with E-state index in [9.17, 15) is 4.79 Å². The molecule has 3 rings (SSSR count). The van der Waals surface area contributed by atoms with Crippen molar-refractivity contribution >= 4 is 21.8 Å². The molecular formula is C19H20BrNO3. The Balaban J connectivity index is 1.45. The highest BCUT2D eigenvalue weighted by molar-refractivity contribution is 9.10. The average molecular weight is 390 g/mol. The van der Waals surface area contributed by atoms with E-state index in [4.69, 9.17) is 9.47 Å². The number of hydrogen-bond acceptors (Lipinski definition) is 3. The van der Waals surface area contributed by atoms with Gasteiger partial charge in [0, 0.05) is 23.1 Å². The molecule has 0 N–H and O–H groups in total. The molecule has 126 valence electrons. The van der Waals surface area contributed by atoms with E-state index < -0.39 is 0 Å². The minimum atomic E-state index is 0.108. The third-order valence-corrected chi connectivity index (χ3v) is 4.40. The molecule has 0 bridgehead atoms. The van der Waals surface area contributed by atoms with Crippen molar-refractivity contribution in [1.82, 2.24) is 4.90 Å². The summed E-state index contributed by atoms with van der Waals surface area (Å²) < 4.78 is 12.3. The first-order valence-corrected chi connectivity index (χ1v) is 8.92. The molecule has 1 saturated heterocycles. The molecule has 1 amide bonds. The summed E-state index contributed by atoms with van der Waals surface area (Å²) in [4.78, 5) is 14.2. The van der Waals surface area contributed by atoms with Gasteiger partial charge in [0.1, 0.15) is 24.7 Å². The van der Waals surface area contributed by atoms with Crippen LogP contribution in [-0.2, 0) is 0 Å². The SMILES string of the molecule is O=C(c1ccc(OCCOc2cccc(Br)c2)cc1)N1CCCC1. The maximum absolute atomic E-state index is 12.3. The van der Waals surface area contributed by atoms with Crippen molar-refractivity contribution in [3.05, 3.63) is 58.6 Å². The van der Waals surface area contributed by atoms with Crippen molar-refractivity contribution in [3.63, 3.8) is 0 Å². The zero-order chi connectivity index (χ0) is 16.8. The van der Waals surface area contributed by atoms with Crippen LogP contribution in [0, 0.1) is 0 Å². The van der Waals surface area contributed by atoms with Gasteiger partial charge in [-0.05, 0) is 55.3 Å². The molecule has 5 heteroatoms. The summed E-state index contributed by atoms with van der Waals surface area (Å²) in [6, 6.07) is 15.0. The molecule has 0 spiro atoms. The number of ether oxygens (including phenoxy) is 2. The first-order valence-electron chi connectivity index (χ1n) is 8.13. The number of hydrogen-bond donors (Lipinski definition) is 0. The lowest BCUT2D eigenvalue weighted by Crippen LogP contribution is -2.27. The molecule has 1 aliphatic rings. The van der Waals surface area contributed by atoms with Gasteiger partial charge in [-0.15, -0.1) is 0 Å². The molecule has 24 heavy (non-hydrogen) atoms. The van der Waals surface area contributed by atoms with Crippen LogP contribution >= 0.6 is 15.9 Å². The number of rotatable bonds is 6. The molecule has 0 aliphatic carbocycles. The highest BCUT2D eigenvalue weighted by atomic mass is 79.9. The first kappa shape index (κ1) is 16.8. The van der Waals surface area contributed by atoms with Gasteiger partial charge in [-0.25, -0.2) is 0 Å². The lowest BCUT2D eigenvalue weighted by Gasteiger charge is -2.15. The zero-order valence-corrected chi connectivity index (χ0v) is 15.0. The molecule has 0 atom stereocenters. The second kappa shape index (κ2) is 8.20. The highest BCUT2D eigenvalue weighted by Crippen LogP contribution is 2.18. The Bertz CT molecular complexity index is 681. The number of carbonyl (C=O) groups is 1. The predicted octanol–water partition coefficient (Wildman–Crippen LogP) is 4.14. The van der Waals surface area contributed by atoms with E-state index in [-0.39, 0.29) is 5.91 Å². The number of carbonyl (C=O) groups excluding carboxylic acids is 1.